The quantitative estimate of drug-likeness (QED) is 0.846. The second-order valence-electron chi connectivity index (χ2n) is 4.87. The second kappa shape index (κ2) is 5.38. The lowest BCUT2D eigenvalue weighted by atomic mass is 9.90. The van der Waals surface area contributed by atoms with Crippen molar-refractivity contribution in [2.24, 2.45) is 0 Å². The Labute approximate surface area is 112 Å². The van der Waals surface area contributed by atoms with E-state index in [4.69, 9.17) is 4.42 Å². The fraction of sp³-hybridized carbons (Fsp3) is 0.500. The molecular weight excluding hydrogens is 240 g/mol. The number of aromatic nitrogens is 3. The van der Waals surface area contributed by atoms with Gasteiger partial charge in [0.15, 0.2) is 0 Å². The van der Waals surface area contributed by atoms with Crippen LogP contribution in [-0.4, -0.2) is 28.3 Å². The summed E-state index contributed by atoms with van der Waals surface area (Å²) < 4.78 is 5.61. The van der Waals surface area contributed by atoms with Crippen LogP contribution in [0.5, 0.6) is 0 Å². The van der Waals surface area contributed by atoms with Gasteiger partial charge in [0.2, 0.25) is 5.89 Å². The van der Waals surface area contributed by atoms with Crippen LogP contribution in [0.2, 0.25) is 0 Å². The molecule has 19 heavy (non-hydrogen) atoms. The van der Waals surface area contributed by atoms with Crippen LogP contribution in [-0.2, 0) is 6.42 Å². The molecule has 2 aromatic heterocycles. The molecule has 1 saturated heterocycles. The number of rotatable bonds is 3. The van der Waals surface area contributed by atoms with Crippen molar-refractivity contribution in [1.82, 2.24) is 15.2 Å². The number of anilines is 1. The van der Waals surface area contributed by atoms with Gasteiger partial charge in [-0.2, -0.15) is 0 Å². The van der Waals surface area contributed by atoms with Crippen molar-refractivity contribution in [2.45, 2.75) is 32.1 Å². The fourth-order valence-electron chi connectivity index (χ4n) is 2.56. The minimum absolute atomic E-state index is 0.618. The molecule has 0 unspecified atom stereocenters. The molecule has 1 fully saturated rings. The molecule has 2 aromatic rings. The van der Waals surface area contributed by atoms with Crippen molar-refractivity contribution >= 4 is 6.01 Å². The minimum Gasteiger partial charge on any atom is -0.408 e. The van der Waals surface area contributed by atoms with E-state index in [0.29, 0.717) is 17.8 Å². The third kappa shape index (κ3) is 2.59. The standard InChI is InChI=1S/C14H18N4O/c1-2-13-16-17-14(19-13)18-9-5-12(6-10-18)11-3-7-15-8-4-11/h3-4,7-8,12H,2,5-6,9-10H2,1H3. The molecule has 0 atom stereocenters. The zero-order valence-electron chi connectivity index (χ0n) is 11.1. The van der Waals surface area contributed by atoms with E-state index >= 15 is 0 Å². The van der Waals surface area contributed by atoms with Gasteiger partial charge in [0.1, 0.15) is 0 Å². The molecule has 0 saturated carbocycles. The van der Waals surface area contributed by atoms with Crippen LogP contribution in [0.3, 0.4) is 0 Å². The number of hydrogen-bond acceptors (Lipinski definition) is 5. The Morgan fingerprint density at radius 2 is 1.95 bits per heavy atom. The summed E-state index contributed by atoms with van der Waals surface area (Å²) in [6.07, 6.45) is 6.77. The number of nitrogens with zero attached hydrogens (tertiary/aromatic N) is 4. The largest absolute Gasteiger partial charge is 0.408 e. The van der Waals surface area contributed by atoms with Crippen LogP contribution in [0.4, 0.5) is 6.01 Å². The summed E-state index contributed by atoms with van der Waals surface area (Å²) in [6.45, 7) is 3.96. The minimum atomic E-state index is 0.618. The molecule has 0 aliphatic carbocycles. The number of hydrogen-bond donors (Lipinski definition) is 0. The predicted molar refractivity (Wildman–Crippen MR) is 72.1 cm³/mol. The van der Waals surface area contributed by atoms with E-state index < -0.39 is 0 Å². The van der Waals surface area contributed by atoms with Gasteiger partial charge in [0.25, 0.3) is 0 Å². The molecular formula is C14H18N4O. The van der Waals surface area contributed by atoms with Crippen molar-refractivity contribution in [2.75, 3.05) is 18.0 Å². The van der Waals surface area contributed by atoms with Gasteiger partial charge in [0.05, 0.1) is 0 Å². The molecule has 0 aromatic carbocycles. The van der Waals surface area contributed by atoms with Crippen molar-refractivity contribution in [3.63, 3.8) is 0 Å². The highest BCUT2D eigenvalue weighted by atomic mass is 16.4. The summed E-state index contributed by atoms with van der Waals surface area (Å²) in [5.41, 5.74) is 1.38. The maximum absolute atomic E-state index is 5.61. The Morgan fingerprint density at radius 1 is 1.21 bits per heavy atom. The van der Waals surface area contributed by atoms with Gasteiger partial charge < -0.3 is 9.32 Å². The van der Waals surface area contributed by atoms with Gasteiger partial charge in [-0.15, -0.1) is 5.10 Å². The van der Waals surface area contributed by atoms with Crippen LogP contribution < -0.4 is 4.90 Å². The highest BCUT2D eigenvalue weighted by Gasteiger charge is 2.23. The molecule has 5 nitrogen and oxygen atoms in total. The van der Waals surface area contributed by atoms with Gasteiger partial charge >= 0.3 is 6.01 Å². The lowest BCUT2D eigenvalue weighted by Crippen LogP contribution is -2.33. The first-order valence-electron chi connectivity index (χ1n) is 6.84. The molecule has 0 bridgehead atoms. The van der Waals surface area contributed by atoms with Gasteiger partial charge in [-0.1, -0.05) is 12.0 Å². The molecule has 3 heterocycles. The third-order valence-electron chi connectivity index (χ3n) is 3.70. The first-order chi connectivity index (χ1) is 9.36. The molecule has 0 radical (unpaired) electrons. The Balaban J connectivity index is 1.63. The van der Waals surface area contributed by atoms with E-state index in [9.17, 15) is 0 Å². The predicted octanol–water partition coefficient (Wildman–Crippen LogP) is 2.41. The number of piperidine rings is 1. The molecule has 100 valence electrons. The molecule has 0 spiro atoms. The molecule has 5 heteroatoms. The summed E-state index contributed by atoms with van der Waals surface area (Å²) in [5.74, 6) is 1.33. The van der Waals surface area contributed by atoms with Gasteiger partial charge in [-0.25, -0.2) is 0 Å². The first kappa shape index (κ1) is 12.1. The summed E-state index contributed by atoms with van der Waals surface area (Å²) >= 11 is 0. The van der Waals surface area contributed by atoms with Crippen LogP contribution >= 0.6 is 0 Å². The maximum Gasteiger partial charge on any atom is 0.318 e. The summed E-state index contributed by atoms with van der Waals surface area (Å²) in [4.78, 5) is 6.26. The topological polar surface area (TPSA) is 55.1 Å². The van der Waals surface area contributed by atoms with Crippen molar-refractivity contribution in [3.8, 4) is 0 Å². The van der Waals surface area contributed by atoms with Gasteiger partial charge in [0, 0.05) is 31.9 Å². The Hall–Kier alpha value is -1.91. The first-order valence-corrected chi connectivity index (χ1v) is 6.84. The zero-order chi connectivity index (χ0) is 13.1. The van der Waals surface area contributed by atoms with Crippen molar-refractivity contribution in [1.29, 1.82) is 0 Å². The van der Waals surface area contributed by atoms with Crippen molar-refractivity contribution in [3.05, 3.63) is 36.0 Å². The van der Waals surface area contributed by atoms with E-state index in [2.05, 4.69) is 32.2 Å². The number of pyridine rings is 1. The van der Waals surface area contributed by atoms with Crippen LogP contribution in [0.1, 0.15) is 37.1 Å². The SMILES string of the molecule is CCc1nnc(N2CCC(c3ccncc3)CC2)o1. The van der Waals surface area contributed by atoms with Crippen LogP contribution in [0, 0.1) is 0 Å². The normalized spacial score (nSPS) is 16.8. The van der Waals surface area contributed by atoms with Crippen molar-refractivity contribution < 1.29 is 4.42 Å². The average Bonchev–Trinajstić information content (AvgIpc) is 2.97. The average molecular weight is 258 g/mol. The Kier molecular flexibility index (Phi) is 3.44. The Morgan fingerprint density at radius 3 is 2.58 bits per heavy atom. The fourth-order valence-corrected chi connectivity index (χ4v) is 2.56. The molecule has 0 N–H and O–H groups in total. The maximum atomic E-state index is 5.61. The lowest BCUT2D eigenvalue weighted by Gasteiger charge is -2.30. The highest BCUT2D eigenvalue weighted by Crippen LogP contribution is 2.29. The second-order valence-corrected chi connectivity index (χ2v) is 4.87. The van der Waals surface area contributed by atoms with E-state index in [1.165, 1.54) is 5.56 Å². The van der Waals surface area contributed by atoms with Crippen LogP contribution in [0.25, 0.3) is 0 Å². The van der Waals surface area contributed by atoms with E-state index in [0.717, 1.165) is 32.4 Å². The molecule has 0 amide bonds. The summed E-state index contributed by atoms with van der Waals surface area (Å²) in [6, 6.07) is 4.90. The van der Waals surface area contributed by atoms with E-state index in [-0.39, 0.29) is 0 Å². The van der Waals surface area contributed by atoms with Crippen LogP contribution in [0.15, 0.2) is 28.9 Å². The molecule has 1 aliphatic rings. The van der Waals surface area contributed by atoms with Gasteiger partial charge in [-0.05, 0) is 36.5 Å². The summed E-state index contributed by atoms with van der Waals surface area (Å²) in [5, 5.41) is 8.13. The van der Waals surface area contributed by atoms with E-state index in [1.807, 2.05) is 19.3 Å². The van der Waals surface area contributed by atoms with Gasteiger partial charge in [-0.3, -0.25) is 4.98 Å². The summed E-state index contributed by atoms with van der Waals surface area (Å²) in [7, 11) is 0. The Bertz CT molecular complexity index is 517. The third-order valence-corrected chi connectivity index (χ3v) is 3.70. The number of aryl methyl sites for hydroxylation is 1. The monoisotopic (exact) mass is 258 g/mol. The smallest absolute Gasteiger partial charge is 0.318 e. The zero-order valence-corrected chi connectivity index (χ0v) is 11.1. The highest BCUT2D eigenvalue weighted by molar-refractivity contribution is 5.27. The lowest BCUT2D eigenvalue weighted by molar-refractivity contribution is 0.443. The van der Waals surface area contributed by atoms with E-state index in [1.54, 1.807) is 0 Å². The molecule has 1 aliphatic heterocycles. The molecule has 3 rings (SSSR count).